The molecule has 0 unspecified atom stereocenters. The average Bonchev–Trinajstić information content (AvgIpc) is 2.48. The van der Waals surface area contributed by atoms with Crippen LogP contribution in [0.4, 0.5) is 10.1 Å². The zero-order chi connectivity index (χ0) is 15.5. The number of carbonyl (C=O) groups is 1. The third kappa shape index (κ3) is 3.92. The van der Waals surface area contributed by atoms with Gasteiger partial charge in [0.25, 0.3) is 0 Å². The summed E-state index contributed by atoms with van der Waals surface area (Å²) in [4.78, 5) is 13.0. The quantitative estimate of drug-likeness (QED) is 0.800. The molecule has 0 saturated carbocycles. The number of carbonyl (C=O) groups excluding carboxylic acids is 1. The van der Waals surface area contributed by atoms with Gasteiger partial charge in [-0.2, -0.15) is 0 Å². The maximum Gasteiger partial charge on any atom is 0.244 e. The van der Waals surface area contributed by atoms with E-state index < -0.39 is 20.7 Å². The van der Waals surface area contributed by atoms with E-state index in [0.29, 0.717) is 13.1 Å². The van der Waals surface area contributed by atoms with Crippen LogP contribution in [0.5, 0.6) is 0 Å². The summed E-state index contributed by atoms with van der Waals surface area (Å²) in [6.07, 6.45) is 2.91. The van der Waals surface area contributed by atoms with Gasteiger partial charge in [-0.25, -0.2) is 17.5 Å². The lowest BCUT2D eigenvalue weighted by molar-refractivity contribution is -0.130. The Morgan fingerprint density at radius 1 is 1.29 bits per heavy atom. The topological polar surface area (TPSA) is 92.5 Å². The van der Waals surface area contributed by atoms with Gasteiger partial charge < -0.3 is 10.6 Å². The zero-order valence-electron chi connectivity index (χ0n) is 11.5. The SMILES string of the molecule is Nc1ccc(F)c(S(=O)(=O)NCC(=O)N2CCCCC2)c1. The summed E-state index contributed by atoms with van der Waals surface area (Å²) in [5.74, 6) is -1.20. The molecule has 1 amide bonds. The lowest BCUT2D eigenvalue weighted by Gasteiger charge is -2.26. The normalized spacial score (nSPS) is 16.0. The first-order valence-electron chi connectivity index (χ1n) is 6.72. The van der Waals surface area contributed by atoms with Crippen molar-refractivity contribution in [2.24, 2.45) is 0 Å². The molecule has 1 aromatic rings. The molecule has 21 heavy (non-hydrogen) atoms. The fourth-order valence-corrected chi connectivity index (χ4v) is 3.30. The van der Waals surface area contributed by atoms with Crippen molar-refractivity contribution in [2.75, 3.05) is 25.4 Å². The Hall–Kier alpha value is -1.67. The van der Waals surface area contributed by atoms with Crippen molar-refractivity contribution in [3.63, 3.8) is 0 Å². The van der Waals surface area contributed by atoms with Crippen LogP contribution in [0.25, 0.3) is 0 Å². The molecule has 1 aliphatic rings. The minimum Gasteiger partial charge on any atom is -0.399 e. The summed E-state index contributed by atoms with van der Waals surface area (Å²) in [6, 6.07) is 3.28. The molecular weight excluding hydrogens is 297 g/mol. The van der Waals surface area contributed by atoms with E-state index in [0.717, 1.165) is 31.4 Å². The molecular formula is C13H18FN3O3S. The summed E-state index contributed by atoms with van der Waals surface area (Å²) in [7, 11) is -4.10. The van der Waals surface area contributed by atoms with Crippen LogP contribution in [0.1, 0.15) is 19.3 Å². The largest absolute Gasteiger partial charge is 0.399 e. The molecule has 0 spiro atoms. The number of benzene rings is 1. The smallest absolute Gasteiger partial charge is 0.244 e. The molecule has 0 atom stereocenters. The van der Waals surface area contributed by atoms with Gasteiger partial charge in [-0.15, -0.1) is 0 Å². The molecule has 1 heterocycles. The average molecular weight is 315 g/mol. The van der Waals surface area contributed by atoms with E-state index in [-0.39, 0.29) is 18.1 Å². The number of hydrogen-bond acceptors (Lipinski definition) is 4. The molecule has 0 bridgehead atoms. The number of rotatable bonds is 4. The Morgan fingerprint density at radius 3 is 2.62 bits per heavy atom. The zero-order valence-corrected chi connectivity index (χ0v) is 12.3. The van der Waals surface area contributed by atoms with Crippen molar-refractivity contribution < 1.29 is 17.6 Å². The van der Waals surface area contributed by atoms with Crippen LogP contribution in [0.3, 0.4) is 0 Å². The highest BCUT2D eigenvalue weighted by Crippen LogP contribution is 2.17. The third-order valence-electron chi connectivity index (χ3n) is 3.37. The van der Waals surface area contributed by atoms with Crippen LogP contribution in [-0.4, -0.2) is 38.9 Å². The van der Waals surface area contributed by atoms with Crippen molar-refractivity contribution in [1.29, 1.82) is 0 Å². The first-order valence-corrected chi connectivity index (χ1v) is 8.21. The van der Waals surface area contributed by atoms with E-state index in [9.17, 15) is 17.6 Å². The van der Waals surface area contributed by atoms with E-state index in [1.165, 1.54) is 6.07 Å². The number of nitrogens with zero attached hydrogens (tertiary/aromatic N) is 1. The van der Waals surface area contributed by atoms with Gasteiger partial charge in [0, 0.05) is 18.8 Å². The fourth-order valence-electron chi connectivity index (χ4n) is 2.22. The first kappa shape index (κ1) is 15.7. The highest BCUT2D eigenvalue weighted by atomic mass is 32.2. The van der Waals surface area contributed by atoms with Gasteiger partial charge in [-0.1, -0.05) is 0 Å². The molecule has 0 radical (unpaired) electrons. The second kappa shape index (κ2) is 6.40. The standard InChI is InChI=1S/C13H18FN3O3S/c14-11-5-4-10(15)8-12(11)21(19,20)16-9-13(18)17-6-2-1-3-7-17/h4-5,8,16H,1-3,6-7,9,15H2. The minimum absolute atomic E-state index is 0.138. The van der Waals surface area contributed by atoms with E-state index in [2.05, 4.69) is 4.72 Å². The molecule has 3 N–H and O–H groups in total. The van der Waals surface area contributed by atoms with Crippen molar-refractivity contribution in [3.05, 3.63) is 24.0 Å². The molecule has 1 saturated heterocycles. The van der Waals surface area contributed by atoms with Crippen LogP contribution in [0, 0.1) is 5.82 Å². The van der Waals surface area contributed by atoms with Gasteiger partial charge in [0.1, 0.15) is 10.7 Å². The van der Waals surface area contributed by atoms with Gasteiger partial charge >= 0.3 is 0 Å². The number of nitrogens with two attached hydrogens (primary N) is 1. The molecule has 8 heteroatoms. The van der Waals surface area contributed by atoms with Crippen molar-refractivity contribution >= 4 is 21.6 Å². The lowest BCUT2D eigenvalue weighted by Crippen LogP contribution is -2.42. The summed E-state index contributed by atoms with van der Waals surface area (Å²) in [6.45, 7) is 0.886. The summed E-state index contributed by atoms with van der Waals surface area (Å²) in [5, 5.41) is 0. The number of amides is 1. The van der Waals surface area contributed by atoms with Gasteiger partial charge in [-0.05, 0) is 37.5 Å². The lowest BCUT2D eigenvalue weighted by atomic mass is 10.1. The Balaban J connectivity index is 2.04. The molecule has 1 aliphatic heterocycles. The number of nitrogens with one attached hydrogen (secondary N) is 1. The molecule has 6 nitrogen and oxygen atoms in total. The monoisotopic (exact) mass is 315 g/mol. The van der Waals surface area contributed by atoms with Crippen LogP contribution in [-0.2, 0) is 14.8 Å². The minimum atomic E-state index is -4.10. The van der Waals surface area contributed by atoms with E-state index in [1.54, 1.807) is 4.90 Å². The summed E-state index contributed by atoms with van der Waals surface area (Å²) < 4.78 is 39.7. The molecule has 2 rings (SSSR count). The molecule has 1 aromatic carbocycles. The van der Waals surface area contributed by atoms with Crippen molar-refractivity contribution in [2.45, 2.75) is 24.2 Å². The number of anilines is 1. The van der Waals surface area contributed by atoms with Crippen LogP contribution in [0.15, 0.2) is 23.1 Å². The number of likely N-dealkylation sites (tertiary alicyclic amines) is 1. The number of hydrogen-bond donors (Lipinski definition) is 2. The Kier molecular flexibility index (Phi) is 4.79. The second-order valence-corrected chi connectivity index (χ2v) is 6.69. The molecule has 116 valence electrons. The Bertz CT molecular complexity index is 628. The number of sulfonamides is 1. The van der Waals surface area contributed by atoms with E-state index >= 15 is 0 Å². The predicted octanol–water partition coefficient (Wildman–Crippen LogP) is 0.699. The number of nitrogen functional groups attached to an aromatic ring is 1. The van der Waals surface area contributed by atoms with Gasteiger partial charge in [-0.3, -0.25) is 4.79 Å². The van der Waals surface area contributed by atoms with E-state index in [4.69, 9.17) is 5.73 Å². The highest BCUT2D eigenvalue weighted by molar-refractivity contribution is 7.89. The second-order valence-electron chi connectivity index (χ2n) is 4.96. The van der Waals surface area contributed by atoms with Crippen LogP contribution >= 0.6 is 0 Å². The van der Waals surface area contributed by atoms with Crippen molar-refractivity contribution in [3.8, 4) is 0 Å². The first-order chi connectivity index (χ1) is 9.90. The van der Waals surface area contributed by atoms with Gasteiger partial charge in [0.05, 0.1) is 6.54 Å². The third-order valence-corrected chi connectivity index (χ3v) is 4.78. The Morgan fingerprint density at radius 2 is 1.95 bits per heavy atom. The molecule has 1 fully saturated rings. The highest BCUT2D eigenvalue weighted by Gasteiger charge is 2.22. The maximum atomic E-state index is 13.6. The fraction of sp³-hybridized carbons (Fsp3) is 0.462. The Labute approximate surface area is 123 Å². The maximum absolute atomic E-state index is 13.6. The van der Waals surface area contributed by atoms with Gasteiger partial charge in [0.2, 0.25) is 15.9 Å². The van der Waals surface area contributed by atoms with Crippen molar-refractivity contribution in [1.82, 2.24) is 9.62 Å². The predicted molar refractivity (Wildman–Crippen MR) is 76.4 cm³/mol. The van der Waals surface area contributed by atoms with Gasteiger partial charge in [0.15, 0.2) is 0 Å². The van der Waals surface area contributed by atoms with Crippen LogP contribution < -0.4 is 10.5 Å². The number of piperidine rings is 1. The number of halogens is 1. The summed E-state index contributed by atoms with van der Waals surface area (Å²) in [5.41, 5.74) is 5.60. The summed E-state index contributed by atoms with van der Waals surface area (Å²) >= 11 is 0. The molecule has 0 aromatic heterocycles. The van der Waals surface area contributed by atoms with Crippen LogP contribution in [0.2, 0.25) is 0 Å². The molecule has 0 aliphatic carbocycles. The van der Waals surface area contributed by atoms with E-state index in [1.807, 2.05) is 0 Å².